The molecule has 0 aliphatic carbocycles. The van der Waals surface area contributed by atoms with Crippen molar-refractivity contribution in [3.8, 4) is 11.5 Å². The van der Waals surface area contributed by atoms with Gasteiger partial charge >= 0.3 is 0 Å². The second-order valence-corrected chi connectivity index (χ2v) is 7.83. The topological polar surface area (TPSA) is 56.6 Å². The summed E-state index contributed by atoms with van der Waals surface area (Å²) in [6.45, 7) is 4.40. The molecular weight excluding hydrogens is 366 g/mol. The zero-order valence-corrected chi connectivity index (χ0v) is 16.2. The van der Waals surface area contributed by atoms with E-state index >= 15 is 0 Å². The lowest BCUT2D eigenvalue weighted by Gasteiger charge is -2.23. The van der Waals surface area contributed by atoms with Crippen LogP contribution in [0.3, 0.4) is 0 Å². The van der Waals surface area contributed by atoms with Crippen molar-refractivity contribution in [1.82, 2.24) is 9.55 Å². The molecule has 0 bridgehead atoms. The summed E-state index contributed by atoms with van der Waals surface area (Å²) >= 11 is 0. The van der Waals surface area contributed by atoms with E-state index in [1.807, 2.05) is 41.7 Å². The number of para-hydroxylation sites is 1. The lowest BCUT2D eigenvalue weighted by Crippen LogP contribution is -2.42. The van der Waals surface area contributed by atoms with Crippen LogP contribution in [0.4, 0.5) is 5.69 Å². The summed E-state index contributed by atoms with van der Waals surface area (Å²) in [6.07, 6.45) is 4.52. The van der Waals surface area contributed by atoms with E-state index in [0.717, 1.165) is 52.5 Å². The number of amides is 1. The van der Waals surface area contributed by atoms with E-state index in [4.69, 9.17) is 9.47 Å². The van der Waals surface area contributed by atoms with Crippen LogP contribution >= 0.6 is 0 Å². The summed E-state index contributed by atoms with van der Waals surface area (Å²) < 4.78 is 13.8. The molecule has 2 aromatic carbocycles. The normalized spacial score (nSPS) is 21.1. The first-order valence-electron chi connectivity index (χ1n) is 10.1. The molecule has 1 amide bonds. The Hall–Kier alpha value is -3.28. The van der Waals surface area contributed by atoms with Crippen molar-refractivity contribution in [2.75, 3.05) is 18.1 Å². The molecule has 29 heavy (non-hydrogen) atoms. The molecule has 1 atom stereocenters. The highest BCUT2D eigenvalue weighted by atomic mass is 16.5. The van der Waals surface area contributed by atoms with E-state index in [1.54, 1.807) is 0 Å². The molecule has 4 heterocycles. The molecule has 1 spiro atoms. The Labute approximate surface area is 168 Å². The van der Waals surface area contributed by atoms with Gasteiger partial charge in [-0.2, -0.15) is 0 Å². The lowest BCUT2D eigenvalue weighted by molar-refractivity contribution is -0.122. The Kier molecular flexibility index (Phi) is 3.37. The van der Waals surface area contributed by atoms with Crippen LogP contribution in [0.1, 0.15) is 29.3 Å². The number of hydrogen-bond acceptors (Lipinski definition) is 4. The number of carbonyl (C=O) groups excluding carboxylic acids is 1. The summed E-state index contributed by atoms with van der Waals surface area (Å²) in [6, 6.07) is 12.2. The fraction of sp³-hybridized carbons (Fsp3) is 0.304. The fourth-order valence-corrected chi connectivity index (χ4v) is 4.93. The van der Waals surface area contributed by atoms with Crippen LogP contribution in [-0.4, -0.2) is 28.7 Å². The molecule has 1 aromatic heterocycles. The van der Waals surface area contributed by atoms with Gasteiger partial charge in [-0.25, -0.2) is 4.98 Å². The average molecular weight is 387 g/mol. The number of aryl methyl sites for hydroxylation is 1. The first kappa shape index (κ1) is 16.7. The second-order valence-electron chi connectivity index (χ2n) is 7.83. The van der Waals surface area contributed by atoms with Crippen molar-refractivity contribution < 1.29 is 14.3 Å². The number of nitrogens with zero attached hydrogens (tertiary/aromatic N) is 3. The third-order valence-electron chi connectivity index (χ3n) is 6.42. The number of hydrogen-bond donors (Lipinski definition) is 0. The Balaban J connectivity index is 1.50. The first-order valence-corrected chi connectivity index (χ1v) is 10.1. The molecule has 0 saturated carbocycles. The molecule has 3 aliphatic heterocycles. The molecule has 0 radical (unpaired) electrons. The summed E-state index contributed by atoms with van der Waals surface area (Å²) in [5.74, 6) is 1.71. The lowest BCUT2D eigenvalue weighted by atomic mass is 9.76. The standard InChI is InChI=1S/C23H21N3O3/c1-2-25-14-24-11-16(25)12-26-19-6-4-3-5-17(19)23(22(26)27)13-29-21-10-20-15(7-8-28-20)9-18(21)23/h3-6,9-11,14H,2,7-8,12-13H2,1H3. The average Bonchev–Trinajstić information content (AvgIpc) is 3.51. The van der Waals surface area contributed by atoms with Gasteiger partial charge in [-0.05, 0) is 30.2 Å². The summed E-state index contributed by atoms with van der Waals surface area (Å²) in [5.41, 5.74) is 4.32. The number of fused-ring (bicyclic) bond motifs is 5. The number of ether oxygens (including phenoxy) is 2. The summed E-state index contributed by atoms with van der Waals surface area (Å²) in [7, 11) is 0. The quantitative estimate of drug-likeness (QED) is 0.693. The zero-order chi connectivity index (χ0) is 19.6. The molecule has 3 aliphatic rings. The minimum atomic E-state index is -0.791. The summed E-state index contributed by atoms with van der Waals surface area (Å²) in [5, 5.41) is 0. The van der Waals surface area contributed by atoms with Gasteiger partial charge in [-0.15, -0.1) is 0 Å². The van der Waals surface area contributed by atoms with Crippen molar-refractivity contribution in [1.29, 1.82) is 0 Å². The maximum absolute atomic E-state index is 14.0. The number of carbonyl (C=O) groups is 1. The van der Waals surface area contributed by atoms with Crippen LogP contribution in [0, 0.1) is 0 Å². The van der Waals surface area contributed by atoms with Crippen LogP contribution in [0.5, 0.6) is 11.5 Å². The molecular formula is C23H21N3O3. The molecule has 146 valence electrons. The van der Waals surface area contributed by atoms with Crippen LogP contribution < -0.4 is 14.4 Å². The molecule has 6 nitrogen and oxygen atoms in total. The monoisotopic (exact) mass is 387 g/mol. The van der Waals surface area contributed by atoms with Crippen molar-refractivity contribution in [3.05, 3.63) is 71.3 Å². The van der Waals surface area contributed by atoms with Crippen LogP contribution in [0.25, 0.3) is 0 Å². The Morgan fingerprint density at radius 1 is 1.14 bits per heavy atom. The predicted octanol–water partition coefficient (Wildman–Crippen LogP) is 3.06. The Bertz CT molecular complexity index is 1150. The zero-order valence-electron chi connectivity index (χ0n) is 16.2. The predicted molar refractivity (Wildman–Crippen MR) is 107 cm³/mol. The number of imidazole rings is 1. The van der Waals surface area contributed by atoms with Crippen molar-refractivity contribution in [3.63, 3.8) is 0 Å². The molecule has 6 rings (SSSR count). The number of rotatable bonds is 3. The minimum absolute atomic E-state index is 0.0696. The van der Waals surface area contributed by atoms with Gasteiger partial charge in [0.05, 0.1) is 25.2 Å². The smallest absolute Gasteiger partial charge is 0.246 e. The number of benzene rings is 2. The third-order valence-corrected chi connectivity index (χ3v) is 6.42. The van der Waals surface area contributed by atoms with E-state index in [9.17, 15) is 4.79 Å². The molecule has 3 aromatic rings. The van der Waals surface area contributed by atoms with Gasteiger partial charge in [-0.3, -0.25) is 4.79 Å². The molecule has 0 N–H and O–H groups in total. The van der Waals surface area contributed by atoms with Gasteiger partial charge in [0.15, 0.2) is 0 Å². The molecule has 0 saturated heterocycles. The number of anilines is 1. The first-order chi connectivity index (χ1) is 14.2. The van der Waals surface area contributed by atoms with Gasteiger partial charge < -0.3 is 18.9 Å². The van der Waals surface area contributed by atoms with Crippen LogP contribution in [-0.2, 0) is 29.7 Å². The minimum Gasteiger partial charge on any atom is -0.493 e. The SMILES string of the molecule is CCn1cncc1CN1C(=O)C2(COc3cc4c(cc32)CCO4)c2ccccc21. The van der Waals surface area contributed by atoms with Crippen LogP contribution in [0.2, 0.25) is 0 Å². The second kappa shape index (κ2) is 5.86. The highest BCUT2D eigenvalue weighted by Crippen LogP contribution is 2.54. The third kappa shape index (κ3) is 2.11. The van der Waals surface area contributed by atoms with Crippen molar-refractivity contribution in [2.45, 2.75) is 31.8 Å². The maximum Gasteiger partial charge on any atom is 0.246 e. The fourth-order valence-electron chi connectivity index (χ4n) is 4.93. The maximum atomic E-state index is 14.0. The summed E-state index contributed by atoms with van der Waals surface area (Å²) in [4.78, 5) is 20.1. The molecule has 0 fully saturated rings. The molecule has 6 heteroatoms. The molecule has 1 unspecified atom stereocenters. The van der Waals surface area contributed by atoms with Crippen molar-refractivity contribution >= 4 is 11.6 Å². The van der Waals surface area contributed by atoms with Gasteiger partial charge in [0.2, 0.25) is 5.91 Å². The van der Waals surface area contributed by atoms with E-state index in [1.165, 1.54) is 0 Å². The van der Waals surface area contributed by atoms with Crippen LogP contribution in [0.15, 0.2) is 48.9 Å². The highest BCUT2D eigenvalue weighted by molar-refractivity contribution is 6.11. The number of aromatic nitrogens is 2. The largest absolute Gasteiger partial charge is 0.493 e. The van der Waals surface area contributed by atoms with E-state index in [0.29, 0.717) is 19.8 Å². The van der Waals surface area contributed by atoms with Crippen molar-refractivity contribution in [2.24, 2.45) is 0 Å². The van der Waals surface area contributed by atoms with E-state index in [2.05, 4.69) is 28.6 Å². The highest BCUT2D eigenvalue weighted by Gasteiger charge is 2.57. The van der Waals surface area contributed by atoms with Gasteiger partial charge in [0.1, 0.15) is 23.5 Å². The Morgan fingerprint density at radius 3 is 2.93 bits per heavy atom. The Morgan fingerprint density at radius 2 is 2.03 bits per heavy atom. The van der Waals surface area contributed by atoms with E-state index < -0.39 is 5.41 Å². The van der Waals surface area contributed by atoms with Gasteiger partial charge in [0.25, 0.3) is 0 Å². The van der Waals surface area contributed by atoms with Gasteiger partial charge in [-0.1, -0.05) is 18.2 Å². The van der Waals surface area contributed by atoms with E-state index in [-0.39, 0.29) is 5.91 Å². The van der Waals surface area contributed by atoms with Gasteiger partial charge in [0, 0.05) is 36.5 Å².